The molecule has 1 aliphatic rings. The van der Waals surface area contributed by atoms with Gasteiger partial charge in [0.05, 0.1) is 16.3 Å². The highest BCUT2D eigenvalue weighted by Gasteiger charge is 2.31. The van der Waals surface area contributed by atoms with E-state index in [0.717, 1.165) is 31.0 Å². The van der Waals surface area contributed by atoms with Crippen LogP contribution < -0.4 is 5.32 Å². The molecule has 32 heavy (non-hydrogen) atoms. The van der Waals surface area contributed by atoms with Crippen LogP contribution in [0, 0.1) is 17.6 Å². The SMILES string of the molecule is CC1CCCN(S(=O)(=O)c2cc(C(=O)OCC(=O)Nc3ccc(F)cc3F)ccc2Cl)C1. The molecule has 0 aliphatic carbocycles. The van der Waals surface area contributed by atoms with Crippen LogP contribution in [0.4, 0.5) is 14.5 Å². The maximum Gasteiger partial charge on any atom is 0.338 e. The van der Waals surface area contributed by atoms with Gasteiger partial charge in [0.25, 0.3) is 5.91 Å². The molecule has 1 unspecified atom stereocenters. The standard InChI is InChI=1S/C21H21ClF2N2O5S/c1-13-3-2-8-26(11-13)32(29,30)19-9-14(4-6-16(19)22)21(28)31-12-20(27)25-18-7-5-15(23)10-17(18)24/h4-7,9-10,13H,2-3,8,11-12H2,1H3,(H,25,27). The molecule has 1 N–H and O–H groups in total. The van der Waals surface area contributed by atoms with Crippen molar-refractivity contribution in [2.75, 3.05) is 25.0 Å². The predicted octanol–water partition coefficient (Wildman–Crippen LogP) is 3.83. The average Bonchev–Trinajstić information content (AvgIpc) is 2.74. The molecule has 0 aromatic heterocycles. The first-order chi connectivity index (χ1) is 15.1. The third-order valence-electron chi connectivity index (χ3n) is 4.94. The minimum absolute atomic E-state index is 0.0377. The van der Waals surface area contributed by atoms with Crippen LogP contribution in [0.25, 0.3) is 0 Å². The summed E-state index contributed by atoms with van der Waals surface area (Å²) in [4.78, 5) is 24.1. The van der Waals surface area contributed by atoms with Crippen LogP contribution in [0.1, 0.15) is 30.1 Å². The maximum absolute atomic E-state index is 13.6. The number of benzene rings is 2. The first-order valence-corrected chi connectivity index (χ1v) is 11.6. The number of piperidine rings is 1. The second-order valence-corrected chi connectivity index (χ2v) is 9.82. The third-order valence-corrected chi connectivity index (χ3v) is 7.29. The van der Waals surface area contributed by atoms with Gasteiger partial charge in [-0.15, -0.1) is 0 Å². The number of hydrogen-bond donors (Lipinski definition) is 1. The van der Waals surface area contributed by atoms with Crippen LogP contribution in [0.5, 0.6) is 0 Å². The van der Waals surface area contributed by atoms with Gasteiger partial charge in [0.1, 0.15) is 16.5 Å². The van der Waals surface area contributed by atoms with Crippen molar-refractivity contribution in [1.29, 1.82) is 0 Å². The molecule has 172 valence electrons. The highest BCUT2D eigenvalue weighted by molar-refractivity contribution is 7.89. The molecule has 11 heteroatoms. The molecule has 1 atom stereocenters. The molecule has 3 rings (SSSR count). The van der Waals surface area contributed by atoms with Crippen molar-refractivity contribution in [3.8, 4) is 0 Å². The molecule has 1 heterocycles. The molecule has 2 aromatic carbocycles. The minimum Gasteiger partial charge on any atom is -0.452 e. The Kier molecular flexibility index (Phi) is 7.47. The number of esters is 1. The molecule has 7 nitrogen and oxygen atoms in total. The van der Waals surface area contributed by atoms with E-state index in [1.54, 1.807) is 0 Å². The van der Waals surface area contributed by atoms with Gasteiger partial charge in [0, 0.05) is 19.2 Å². The zero-order valence-electron chi connectivity index (χ0n) is 17.1. The normalized spacial score (nSPS) is 17.1. The van der Waals surface area contributed by atoms with E-state index in [4.69, 9.17) is 16.3 Å². The molecule has 0 radical (unpaired) electrons. The van der Waals surface area contributed by atoms with Crippen molar-refractivity contribution >= 4 is 39.2 Å². The summed E-state index contributed by atoms with van der Waals surface area (Å²) in [6.45, 7) is 1.91. The molecular weight excluding hydrogens is 466 g/mol. The monoisotopic (exact) mass is 486 g/mol. The minimum atomic E-state index is -3.92. The molecule has 0 saturated carbocycles. The first kappa shape index (κ1) is 24.1. The van der Waals surface area contributed by atoms with E-state index in [9.17, 15) is 26.8 Å². The highest BCUT2D eigenvalue weighted by Crippen LogP contribution is 2.29. The molecule has 2 aromatic rings. The number of carbonyl (C=O) groups excluding carboxylic acids is 2. The number of halogens is 3. The first-order valence-electron chi connectivity index (χ1n) is 9.79. The Hall–Kier alpha value is -2.56. The predicted molar refractivity (Wildman–Crippen MR) is 114 cm³/mol. The van der Waals surface area contributed by atoms with Gasteiger partial charge in [-0.05, 0) is 49.1 Å². The second kappa shape index (κ2) is 9.93. The molecule has 1 amide bonds. The molecular formula is C21H21ClF2N2O5S. The van der Waals surface area contributed by atoms with Gasteiger partial charge in [-0.3, -0.25) is 4.79 Å². The fraction of sp³-hybridized carbons (Fsp3) is 0.333. The number of sulfonamides is 1. The number of rotatable bonds is 6. The largest absolute Gasteiger partial charge is 0.452 e. The van der Waals surface area contributed by atoms with E-state index in [0.29, 0.717) is 19.2 Å². The Morgan fingerprint density at radius 3 is 2.66 bits per heavy atom. The Balaban J connectivity index is 1.69. The van der Waals surface area contributed by atoms with Gasteiger partial charge >= 0.3 is 5.97 Å². The molecule has 0 spiro atoms. The second-order valence-electron chi connectivity index (χ2n) is 7.50. The van der Waals surface area contributed by atoms with Gasteiger partial charge in [0.15, 0.2) is 6.61 Å². The van der Waals surface area contributed by atoms with E-state index >= 15 is 0 Å². The van der Waals surface area contributed by atoms with Crippen molar-refractivity contribution in [3.63, 3.8) is 0 Å². The van der Waals surface area contributed by atoms with Crippen LogP contribution in [-0.2, 0) is 19.6 Å². The van der Waals surface area contributed by atoms with E-state index in [2.05, 4.69) is 5.32 Å². The Morgan fingerprint density at radius 1 is 1.22 bits per heavy atom. The quantitative estimate of drug-likeness (QED) is 0.626. The fourth-order valence-corrected chi connectivity index (χ4v) is 5.42. The van der Waals surface area contributed by atoms with Crippen molar-refractivity contribution in [1.82, 2.24) is 4.31 Å². The van der Waals surface area contributed by atoms with Gasteiger partial charge in [0.2, 0.25) is 10.0 Å². The number of anilines is 1. The van der Waals surface area contributed by atoms with Crippen LogP contribution in [0.3, 0.4) is 0 Å². The van der Waals surface area contributed by atoms with E-state index in [-0.39, 0.29) is 27.1 Å². The summed E-state index contributed by atoms with van der Waals surface area (Å²) in [5.74, 6) is -3.40. The Labute approximate surface area is 189 Å². The third kappa shape index (κ3) is 5.62. The lowest BCUT2D eigenvalue weighted by Crippen LogP contribution is -2.39. The van der Waals surface area contributed by atoms with Crippen molar-refractivity contribution in [2.24, 2.45) is 5.92 Å². The lowest BCUT2D eigenvalue weighted by Gasteiger charge is -2.30. The van der Waals surface area contributed by atoms with Crippen molar-refractivity contribution in [3.05, 3.63) is 58.6 Å². The van der Waals surface area contributed by atoms with Gasteiger partial charge in [-0.2, -0.15) is 4.31 Å². The number of nitrogens with one attached hydrogen (secondary N) is 1. The summed E-state index contributed by atoms with van der Waals surface area (Å²) in [5.41, 5.74) is -0.387. The van der Waals surface area contributed by atoms with E-state index in [1.165, 1.54) is 16.4 Å². The summed E-state index contributed by atoms with van der Waals surface area (Å²) in [6.07, 6.45) is 1.65. The lowest BCUT2D eigenvalue weighted by molar-refractivity contribution is -0.119. The fourth-order valence-electron chi connectivity index (χ4n) is 3.32. The summed E-state index contributed by atoms with van der Waals surface area (Å²) in [6, 6.07) is 6.25. The smallest absolute Gasteiger partial charge is 0.338 e. The summed E-state index contributed by atoms with van der Waals surface area (Å²) < 4.78 is 58.8. The number of hydrogen-bond acceptors (Lipinski definition) is 5. The van der Waals surface area contributed by atoms with Crippen molar-refractivity contribution < 1.29 is 31.5 Å². The summed E-state index contributed by atoms with van der Waals surface area (Å²) >= 11 is 6.10. The zero-order valence-corrected chi connectivity index (χ0v) is 18.7. The molecule has 1 fully saturated rings. The van der Waals surface area contributed by atoms with Crippen LogP contribution in [0.15, 0.2) is 41.3 Å². The van der Waals surface area contributed by atoms with Gasteiger partial charge < -0.3 is 10.1 Å². The number of ether oxygens (including phenoxy) is 1. The lowest BCUT2D eigenvalue weighted by atomic mass is 10.0. The molecule has 0 bridgehead atoms. The summed E-state index contributed by atoms with van der Waals surface area (Å²) in [7, 11) is -3.92. The van der Waals surface area contributed by atoms with Crippen molar-refractivity contribution in [2.45, 2.75) is 24.7 Å². The highest BCUT2D eigenvalue weighted by atomic mass is 35.5. The van der Waals surface area contributed by atoms with Crippen LogP contribution >= 0.6 is 11.6 Å². The number of amides is 1. The zero-order chi connectivity index (χ0) is 23.5. The summed E-state index contributed by atoms with van der Waals surface area (Å²) in [5, 5.41) is 2.12. The van der Waals surface area contributed by atoms with Crippen LogP contribution in [0.2, 0.25) is 5.02 Å². The van der Waals surface area contributed by atoms with Gasteiger partial charge in [-0.25, -0.2) is 22.0 Å². The Bertz CT molecular complexity index is 1140. The topological polar surface area (TPSA) is 92.8 Å². The maximum atomic E-state index is 13.6. The number of carbonyl (C=O) groups is 2. The van der Waals surface area contributed by atoms with Crippen LogP contribution in [-0.4, -0.2) is 44.3 Å². The number of nitrogens with zero attached hydrogens (tertiary/aromatic N) is 1. The average molecular weight is 487 g/mol. The van der Waals surface area contributed by atoms with E-state index < -0.39 is 40.1 Å². The van der Waals surface area contributed by atoms with Gasteiger partial charge in [-0.1, -0.05) is 18.5 Å². The van der Waals surface area contributed by atoms with E-state index in [1.807, 2.05) is 6.92 Å². The Morgan fingerprint density at radius 2 is 1.97 bits per heavy atom. The molecule has 1 saturated heterocycles. The molecule has 1 aliphatic heterocycles.